The van der Waals surface area contributed by atoms with Crippen molar-refractivity contribution in [3.05, 3.63) is 17.5 Å². The van der Waals surface area contributed by atoms with E-state index < -0.39 is 5.97 Å². The van der Waals surface area contributed by atoms with Crippen LogP contribution in [-0.2, 0) is 11.2 Å². The number of aryl methyl sites for hydroxylation is 1. The molecule has 0 aromatic carbocycles. The Balaban J connectivity index is 0.000000720. The SMILES string of the molecule is Cl.O=C(O)C1CCc2cn[nH]c21. The van der Waals surface area contributed by atoms with Gasteiger partial charge in [0.2, 0.25) is 0 Å². The number of H-pyrrole nitrogens is 1. The van der Waals surface area contributed by atoms with Crippen LogP contribution in [0, 0.1) is 0 Å². The summed E-state index contributed by atoms with van der Waals surface area (Å²) in [5, 5.41) is 15.2. The Morgan fingerprint density at radius 2 is 2.50 bits per heavy atom. The Kier molecular flexibility index (Phi) is 2.38. The number of carboxylic acids is 1. The minimum Gasteiger partial charge on any atom is -0.481 e. The van der Waals surface area contributed by atoms with Crippen LogP contribution in [0.3, 0.4) is 0 Å². The van der Waals surface area contributed by atoms with Gasteiger partial charge in [0.1, 0.15) is 0 Å². The van der Waals surface area contributed by atoms with Gasteiger partial charge < -0.3 is 5.11 Å². The number of nitrogens with one attached hydrogen (secondary N) is 1. The third-order valence-electron chi connectivity index (χ3n) is 2.10. The highest BCUT2D eigenvalue weighted by atomic mass is 35.5. The van der Waals surface area contributed by atoms with Crippen LogP contribution in [-0.4, -0.2) is 21.3 Å². The third kappa shape index (κ3) is 1.18. The van der Waals surface area contributed by atoms with E-state index >= 15 is 0 Å². The first-order valence-corrected chi connectivity index (χ1v) is 3.54. The molecule has 1 heterocycles. The lowest BCUT2D eigenvalue weighted by Crippen LogP contribution is -2.08. The van der Waals surface area contributed by atoms with E-state index in [4.69, 9.17) is 5.11 Å². The lowest BCUT2D eigenvalue weighted by atomic mass is 10.1. The van der Waals surface area contributed by atoms with E-state index in [0.29, 0.717) is 6.42 Å². The molecule has 1 aromatic heterocycles. The molecule has 1 aliphatic carbocycles. The van der Waals surface area contributed by atoms with Crippen molar-refractivity contribution in [3.8, 4) is 0 Å². The molecule has 66 valence electrons. The summed E-state index contributed by atoms with van der Waals surface area (Å²) in [6.45, 7) is 0. The first-order chi connectivity index (χ1) is 5.29. The number of carboxylic acid groups (broad SMARTS) is 1. The third-order valence-corrected chi connectivity index (χ3v) is 2.10. The molecule has 0 fully saturated rings. The van der Waals surface area contributed by atoms with Crippen molar-refractivity contribution in [1.82, 2.24) is 10.2 Å². The summed E-state index contributed by atoms with van der Waals surface area (Å²) in [4.78, 5) is 10.6. The highest BCUT2D eigenvalue weighted by molar-refractivity contribution is 5.85. The molecule has 1 aromatic rings. The second kappa shape index (κ2) is 3.15. The van der Waals surface area contributed by atoms with Crippen LogP contribution in [0.4, 0.5) is 0 Å². The standard InChI is InChI=1S/C7H8N2O2.ClH/c10-7(11)5-2-1-4-3-8-9-6(4)5;/h3,5H,1-2H2,(H,8,9)(H,10,11);1H. The van der Waals surface area contributed by atoms with Gasteiger partial charge in [0, 0.05) is 0 Å². The Morgan fingerprint density at radius 1 is 1.75 bits per heavy atom. The number of fused-ring (bicyclic) bond motifs is 1. The fourth-order valence-corrected chi connectivity index (χ4v) is 1.51. The number of halogens is 1. The summed E-state index contributed by atoms with van der Waals surface area (Å²) in [5.74, 6) is -1.11. The van der Waals surface area contributed by atoms with Gasteiger partial charge in [0.25, 0.3) is 0 Å². The maximum absolute atomic E-state index is 10.6. The molecular weight excluding hydrogens is 180 g/mol. The first-order valence-electron chi connectivity index (χ1n) is 3.54. The molecule has 0 radical (unpaired) electrons. The zero-order valence-corrected chi connectivity index (χ0v) is 7.10. The number of nitrogens with zero attached hydrogens (tertiary/aromatic N) is 1. The van der Waals surface area contributed by atoms with E-state index in [9.17, 15) is 4.79 Å². The van der Waals surface area contributed by atoms with Crippen LogP contribution < -0.4 is 0 Å². The highest BCUT2D eigenvalue weighted by Gasteiger charge is 2.29. The van der Waals surface area contributed by atoms with Crippen LogP contribution in [0.25, 0.3) is 0 Å². The zero-order chi connectivity index (χ0) is 7.84. The quantitative estimate of drug-likeness (QED) is 0.690. The van der Waals surface area contributed by atoms with E-state index in [2.05, 4.69) is 10.2 Å². The Morgan fingerprint density at radius 3 is 3.17 bits per heavy atom. The summed E-state index contributed by atoms with van der Waals surface area (Å²) in [6.07, 6.45) is 3.25. The highest BCUT2D eigenvalue weighted by Crippen LogP contribution is 2.30. The summed E-state index contributed by atoms with van der Waals surface area (Å²) in [5.41, 5.74) is 1.84. The van der Waals surface area contributed by atoms with Crippen molar-refractivity contribution >= 4 is 18.4 Å². The molecule has 0 spiro atoms. The van der Waals surface area contributed by atoms with Crippen LogP contribution >= 0.6 is 12.4 Å². The molecule has 0 bridgehead atoms. The fourth-order valence-electron chi connectivity index (χ4n) is 1.51. The van der Waals surface area contributed by atoms with Gasteiger partial charge in [-0.1, -0.05) is 0 Å². The molecule has 0 saturated carbocycles. The number of aliphatic carboxylic acids is 1. The molecule has 2 N–H and O–H groups in total. The van der Waals surface area contributed by atoms with Crippen molar-refractivity contribution in [2.24, 2.45) is 0 Å². The van der Waals surface area contributed by atoms with Crippen molar-refractivity contribution in [2.75, 3.05) is 0 Å². The van der Waals surface area contributed by atoms with E-state index in [1.165, 1.54) is 0 Å². The number of rotatable bonds is 1. The van der Waals surface area contributed by atoms with Gasteiger partial charge in [-0.25, -0.2) is 0 Å². The molecular formula is C7H9ClN2O2. The van der Waals surface area contributed by atoms with Crippen LogP contribution in [0.5, 0.6) is 0 Å². The van der Waals surface area contributed by atoms with Gasteiger partial charge in [-0.15, -0.1) is 12.4 Å². The molecule has 4 nitrogen and oxygen atoms in total. The first kappa shape index (κ1) is 9.06. The molecule has 0 amide bonds. The van der Waals surface area contributed by atoms with Crippen molar-refractivity contribution in [1.29, 1.82) is 0 Å². The predicted molar refractivity (Wildman–Crippen MR) is 44.5 cm³/mol. The lowest BCUT2D eigenvalue weighted by molar-refractivity contribution is -0.138. The minimum atomic E-state index is -0.756. The van der Waals surface area contributed by atoms with Gasteiger partial charge in [0.05, 0.1) is 17.8 Å². The number of carbonyl (C=O) groups is 1. The number of hydrogen-bond acceptors (Lipinski definition) is 2. The maximum Gasteiger partial charge on any atom is 0.312 e. The Labute approximate surface area is 75.4 Å². The van der Waals surface area contributed by atoms with Gasteiger partial charge in [-0.3, -0.25) is 9.89 Å². The maximum atomic E-state index is 10.6. The van der Waals surface area contributed by atoms with Crippen LogP contribution in [0.1, 0.15) is 23.6 Å². The van der Waals surface area contributed by atoms with E-state index in [-0.39, 0.29) is 18.3 Å². The average Bonchev–Trinajstić information content (AvgIpc) is 2.41. The zero-order valence-electron chi connectivity index (χ0n) is 6.28. The van der Waals surface area contributed by atoms with Crippen molar-refractivity contribution in [2.45, 2.75) is 18.8 Å². The number of hydrogen-bond donors (Lipinski definition) is 2. The van der Waals surface area contributed by atoms with Crippen LogP contribution in [0.15, 0.2) is 6.20 Å². The summed E-state index contributed by atoms with van der Waals surface area (Å²) in [7, 11) is 0. The minimum absolute atomic E-state index is 0. The molecule has 0 aliphatic heterocycles. The molecule has 2 rings (SSSR count). The van der Waals surface area contributed by atoms with Crippen molar-refractivity contribution < 1.29 is 9.90 Å². The monoisotopic (exact) mass is 188 g/mol. The van der Waals surface area contributed by atoms with Crippen LogP contribution in [0.2, 0.25) is 0 Å². The molecule has 1 unspecified atom stereocenters. The second-order valence-electron chi connectivity index (χ2n) is 2.74. The van der Waals surface area contributed by atoms with E-state index in [1.807, 2.05) is 0 Å². The normalized spacial score (nSPS) is 19.8. The molecule has 12 heavy (non-hydrogen) atoms. The second-order valence-corrected chi connectivity index (χ2v) is 2.74. The molecule has 1 aliphatic rings. The number of aromatic nitrogens is 2. The largest absolute Gasteiger partial charge is 0.481 e. The summed E-state index contributed by atoms with van der Waals surface area (Å²) >= 11 is 0. The van der Waals surface area contributed by atoms with E-state index in [1.54, 1.807) is 6.20 Å². The van der Waals surface area contributed by atoms with Gasteiger partial charge in [0.15, 0.2) is 0 Å². The van der Waals surface area contributed by atoms with E-state index in [0.717, 1.165) is 17.7 Å². The number of aromatic amines is 1. The Bertz CT molecular complexity index is 297. The fraction of sp³-hybridized carbons (Fsp3) is 0.429. The van der Waals surface area contributed by atoms with Gasteiger partial charge >= 0.3 is 5.97 Å². The molecule has 0 saturated heterocycles. The summed E-state index contributed by atoms with van der Waals surface area (Å²) < 4.78 is 0. The molecule has 1 atom stereocenters. The summed E-state index contributed by atoms with van der Waals surface area (Å²) in [6, 6.07) is 0. The smallest absolute Gasteiger partial charge is 0.312 e. The lowest BCUT2D eigenvalue weighted by Gasteiger charge is -2.00. The average molecular weight is 189 g/mol. The van der Waals surface area contributed by atoms with Gasteiger partial charge in [-0.2, -0.15) is 5.10 Å². The Hall–Kier alpha value is -1.03. The predicted octanol–water partition coefficient (Wildman–Crippen LogP) is 0.946. The van der Waals surface area contributed by atoms with Crippen molar-refractivity contribution in [3.63, 3.8) is 0 Å². The topological polar surface area (TPSA) is 66.0 Å². The molecule has 5 heteroatoms. The van der Waals surface area contributed by atoms with Gasteiger partial charge in [-0.05, 0) is 18.4 Å².